The number of hydrogen-bond donors (Lipinski definition) is 2. The summed E-state index contributed by atoms with van der Waals surface area (Å²) in [4.78, 5) is 0. The largest absolute Gasteiger partial charge is 0.438 e. The van der Waals surface area contributed by atoms with E-state index in [1.807, 2.05) is 12.2 Å². The lowest BCUT2D eigenvalue weighted by Gasteiger charge is -2.39. The van der Waals surface area contributed by atoms with Gasteiger partial charge in [0.1, 0.15) is 0 Å². The van der Waals surface area contributed by atoms with Gasteiger partial charge in [-0.1, -0.05) is 19.1 Å². The van der Waals surface area contributed by atoms with E-state index in [0.717, 1.165) is 13.1 Å². The van der Waals surface area contributed by atoms with E-state index in [1.54, 1.807) is 0 Å². The smallest absolute Gasteiger partial charge is 0.310 e. The van der Waals surface area contributed by atoms with Crippen molar-refractivity contribution >= 4 is 10.1 Å². The van der Waals surface area contributed by atoms with Crippen molar-refractivity contribution in [2.75, 3.05) is 13.1 Å². The Bertz CT molecular complexity index is 673. The van der Waals surface area contributed by atoms with Crippen molar-refractivity contribution in [3.8, 4) is 0 Å². The molecule has 0 aliphatic carbocycles. The van der Waals surface area contributed by atoms with Crippen LogP contribution in [0.1, 0.15) is 13.3 Å². The first-order chi connectivity index (χ1) is 13.1. The molecule has 0 aromatic rings. The van der Waals surface area contributed by atoms with Crippen LogP contribution in [0.4, 0.5) is 48.3 Å². The van der Waals surface area contributed by atoms with Gasteiger partial charge >= 0.3 is 39.1 Å². The van der Waals surface area contributed by atoms with Crippen LogP contribution >= 0.6 is 0 Å². The number of halogens is 11. The van der Waals surface area contributed by atoms with Crippen LogP contribution in [-0.2, 0) is 10.1 Å². The summed E-state index contributed by atoms with van der Waals surface area (Å²) in [5.74, 6) is -29.4. The van der Waals surface area contributed by atoms with E-state index in [0.29, 0.717) is 6.92 Å². The number of rotatable bonds is 11. The predicted octanol–water partition coefficient (Wildman–Crippen LogP) is 4.70. The Morgan fingerprint density at radius 3 is 1.50 bits per heavy atom. The summed E-state index contributed by atoms with van der Waals surface area (Å²) in [5.41, 5.74) is 0. The van der Waals surface area contributed by atoms with Gasteiger partial charge in [0.2, 0.25) is 0 Å². The standard InChI is InChI=1S/C8H7F11O3S.C6H11N/c1-2-3(9)4(10,11)5(12,13)6(14,15)7(16,17)8(18,19)23(20,21)22;1-3-5-7-6-4-2/h3H,2H2,1H3,(H,20,21,22);3-4,7H,1-2,5-6H2. The fourth-order valence-electron chi connectivity index (χ4n) is 1.49. The molecular weight excluding hydrogens is 471 g/mol. The van der Waals surface area contributed by atoms with E-state index in [4.69, 9.17) is 4.55 Å². The second kappa shape index (κ2) is 10.3. The molecule has 0 radical (unpaired) electrons. The van der Waals surface area contributed by atoms with E-state index < -0.39 is 51.7 Å². The highest BCUT2D eigenvalue weighted by Crippen LogP contribution is 2.59. The molecule has 2 N–H and O–H groups in total. The van der Waals surface area contributed by atoms with E-state index in [-0.39, 0.29) is 0 Å². The van der Waals surface area contributed by atoms with Gasteiger partial charge in [-0.05, 0) is 6.42 Å². The van der Waals surface area contributed by atoms with Crippen LogP contribution < -0.4 is 5.32 Å². The number of hydrogen-bond acceptors (Lipinski definition) is 3. The molecule has 0 spiro atoms. The molecule has 16 heteroatoms. The van der Waals surface area contributed by atoms with Crippen molar-refractivity contribution in [3.05, 3.63) is 25.3 Å². The van der Waals surface area contributed by atoms with Gasteiger partial charge < -0.3 is 5.32 Å². The molecule has 180 valence electrons. The summed E-state index contributed by atoms with van der Waals surface area (Å²) >= 11 is 0. The zero-order valence-corrected chi connectivity index (χ0v) is 15.9. The maximum atomic E-state index is 13.0. The van der Waals surface area contributed by atoms with Crippen molar-refractivity contribution in [1.29, 1.82) is 0 Å². The minimum absolute atomic E-state index is 0.428. The van der Waals surface area contributed by atoms with Gasteiger partial charge in [-0.3, -0.25) is 4.55 Å². The zero-order valence-electron chi connectivity index (χ0n) is 15.1. The van der Waals surface area contributed by atoms with Gasteiger partial charge in [-0.15, -0.1) is 13.2 Å². The van der Waals surface area contributed by atoms with Crippen LogP contribution in [0, 0.1) is 0 Å². The monoisotopic (exact) mass is 489 g/mol. The summed E-state index contributed by atoms with van der Waals surface area (Å²) in [7, 11) is -7.41. The Balaban J connectivity index is 0. The van der Waals surface area contributed by atoms with Gasteiger partial charge in [0.15, 0.2) is 6.17 Å². The van der Waals surface area contributed by atoms with E-state index in [2.05, 4.69) is 18.5 Å². The summed E-state index contributed by atoms with van der Waals surface area (Å²) in [6.45, 7) is 9.23. The molecule has 0 rings (SSSR count). The molecular formula is C14H18F11NO3S. The molecule has 4 nitrogen and oxygen atoms in total. The summed E-state index contributed by atoms with van der Waals surface area (Å²) in [6.07, 6.45) is -2.08. The second-order valence-electron chi connectivity index (χ2n) is 5.45. The molecule has 0 aromatic heterocycles. The minimum Gasteiger partial charge on any atom is -0.310 e. The van der Waals surface area contributed by atoms with Crippen molar-refractivity contribution in [2.45, 2.75) is 48.5 Å². The van der Waals surface area contributed by atoms with Crippen LogP contribution in [0.25, 0.3) is 0 Å². The molecule has 0 aliphatic heterocycles. The first-order valence-corrected chi connectivity index (χ1v) is 9.01. The molecule has 0 saturated carbocycles. The summed E-state index contributed by atoms with van der Waals surface area (Å²) in [5, 5.41) is -4.21. The molecule has 0 aromatic carbocycles. The third-order valence-corrected chi connectivity index (χ3v) is 4.13. The molecule has 0 amide bonds. The van der Waals surface area contributed by atoms with Crippen molar-refractivity contribution in [2.24, 2.45) is 0 Å². The van der Waals surface area contributed by atoms with Gasteiger partial charge in [0, 0.05) is 13.1 Å². The van der Waals surface area contributed by atoms with Crippen LogP contribution in [0.15, 0.2) is 25.3 Å². The lowest BCUT2D eigenvalue weighted by atomic mass is 9.94. The fraction of sp³-hybridized carbons (Fsp3) is 0.714. The lowest BCUT2D eigenvalue weighted by Crippen LogP contribution is -2.70. The summed E-state index contributed by atoms with van der Waals surface area (Å²) in [6, 6.07) is 0. The highest BCUT2D eigenvalue weighted by molar-refractivity contribution is 7.87. The number of nitrogens with one attached hydrogen (secondary N) is 1. The molecule has 0 heterocycles. The zero-order chi connectivity index (χ0) is 24.8. The van der Waals surface area contributed by atoms with Crippen LogP contribution in [0.3, 0.4) is 0 Å². The number of alkyl halides is 11. The topological polar surface area (TPSA) is 66.4 Å². The predicted molar refractivity (Wildman–Crippen MR) is 84.7 cm³/mol. The first-order valence-electron chi connectivity index (χ1n) is 7.57. The Morgan fingerprint density at radius 2 is 1.23 bits per heavy atom. The second-order valence-corrected chi connectivity index (χ2v) is 6.91. The minimum atomic E-state index is -7.75. The Hall–Kier alpha value is -1.42. The quantitative estimate of drug-likeness (QED) is 0.191. The van der Waals surface area contributed by atoms with Crippen molar-refractivity contribution in [1.82, 2.24) is 5.32 Å². The lowest BCUT2D eigenvalue weighted by molar-refractivity contribution is -0.396. The Kier molecular flexibility index (Phi) is 10.5. The fourth-order valence-corrected chi connectivity index (χ4v) is 1.94. The van der Waals surface area contributed by atoms with E-state index in [1.165, 1.54) is 0 Å². The SMILES string of the molecule is C=CCNCC=C.CCC(F)C(F)(F)C(F)(F)C(F)(F)C(F)(F)C(F)(F)S(=O)(=O)O. The van der Waals surface area contributed by atoms with Gasteiger partial charge in [-0.2, -0.15) is 52.3 Å². The van der Waals surface area contributed by atoms with Crippen molar-refractivity contribution < 1.29 is 61.3 Å². The van der Waals surface area contributed by atoms with Crippen LogP contribution in [0.5, 0.6) is 0 Å². The normalized spacial score (nSPS) is 15.1. The molecule has 0 aliphatic rings. The highest BCUT2D eigenvalue weighted by atomic mass is 32.2. The van der Waals surface area contributed by atoms with Gasteiger partial charge in [0.25, 0.3) is 0 Å². The molecule has 1 unspecified atom stereocenters. The van der Waals surface area contributed by atoms with Gasteiger partial charge in [-0.25, -0.2) is 4.39 Å². The average molecular weight is 489 g/mol. The van der Waals surface area contributed by atoms with Crippen LogP contribution in [0.2, 0.25) is 0 Å². The van der Waals surface area contributed by atoms with Crippen LogP contribution in [-0.4, -0.2) is 61.2 Å². The Labute approximate surface area is 164 Å². The molecule has 0 bridgehead atoms. The maximum Gasteiger partial charge on any atom is 0.438 e. The summed E-state index contributed by atoms with van der Waals surface area (Å²) < 4.78 is 169. The van der Waals surface area contributed by atoms with E-state index >= 15 is 0 Å². The molecule has 1 atom stereocenters. The third-order valence-electron chi connectivity index (χ3n) is 3.23. The highest BCUT2D eigenvalue weighted by Gasteiger charge is 2.89. The molecule has 30 heavy (non-hydrogen) atoms. The molecule has 0 saturated heterocycles. The average Bonchev–Trinajstić information content (AvgIpc) is 2.60. The molecule has 0 fully saturated rings. The Morgan fingerprint density at radius 1 is 0.867 bits per heavy atom. The third kappa shape index (κ3) is 5.63. The van der Waals surface area contributed by atoms with Gasteiger partial charge in [0.05, 0.1) is 0 Å². The van der Waals surface area contributed by atoms with E-state index in [9.17, 15) is 56.7 Å². The first kappa shape index (κ1) is 30.8. The maximum absolute atomic E-state index is 13.0. The van der Waals surface area contributed by atoms with Crippen molar-refractivity contribution in [3.63, 3.8) is 0 Å².